The molecule has 0 saturated carbocycles. The number of ether oxygens (including phenoxy) is 3. The van der Waals surface area contributed by atoms with Gasteiger partial charge in [0.2, 0.25) is 5.75 Å². The van der Waals surface area contributed by atoms with Crippen molar-refractivity contribution in [1.29, 1.82) is 0 Å². The van der Waals surface area contributed by atoms with E-state index in [0.29, 0.717) is 35.9 Å². The van der Waals surface area contributed by atoms with E-state index < -0.39 is 0 Å². The van der Waals surface area contributed by atoms with E-state index in [1.165, 1.54) is 14.2 Å². The van der Waals surface area contributed by atoms with E-state index in [2.05, 4.69) is 12.2 Å². The summed E-state index contributed by atoms with van der Waals surface area (Å²) in [5.74, 6) is 1.34. The summed E-state index contributed by atoms with van der Waals surface area (Å²) >= 11 is 0. The zero-order chi connectivity index (χ0) is 15.4. The van der Waals surface area contributed by atoms with Gasteiger partial charge in [-0.25, -0.2) is 0 Å². The van der Waals surface area contributed by atoms with Gasteiger partial charge in [0, 0.05) is 25.7 Å². The maximum Gasteiger partial charge on any atom is 0.257 e. The van der Waals surface area contributed by atoms with Gasteiger partial charge >= 0.3 is 0 Å². The molecule has 0 aliphatic carbocycles. The number of carbonyl (C=O) groups is 1. The monoisotopic (exact) mass is 294 g/mol. The summed E-state index contributed by atoms with van der Waals surface area (Å²) in [4.78, 5) is 14.5. The first kappa shape index (κ1) is 15.4. The van der Waals surface area contributed by atoms with E-state index in [4.69, 9.17) is 14.2 Å². The van der Waals surface area contributed by atoms with Crippen molar-refractivity contribution in [2.75, 3.05) is 41.0 Å². The zero-order valence-electron chi connectivity index (χ0n) is 12.9. The van der Waals surface area contributed by atoms with Gasteiger partial charge in [-0.05, 0) is 19.1 Å². The molecule has 1 aromatic carbocycles. The highest BCUT2D eigenvalue weighted by Crippen LogP contribution is 2.40. The predicted molar refractivity (Wildman–Crippen MR) is 79.5 cm³/mol. The Labute approximate surface area is 125 Å². The van der Waals surface area contributed by atoms with Crippen LogP contribution in [-0.4, -0.2) is 57.8 Å². The largest absolute Gasteiger partial charge is 0.493 e. The molecule has 0 radical (unpaired) electrons. The van der Waals surface area contributed by atoms with Crippen molar-refractivity contribution in [3.8, 4) is 17.2 Å². The van der Waals surface area contributed by atoms with E-state index in [1.807, 2.05) is 4.90 Å². The molecular formula is C15H22N2O4. The molecule has 1 aliphatic rings. The second-order valence-corrected chi connectivity index (χ2v) is 4.99. The number of hydrogen-bond acceptors (Lipinski definition) is 5. The van der Waals surface area contributed by atoms with Crippen molar-refractivity contribution in [2.45, 2.75) is 13.0 Å². The van der Waals surface area contributed by atoms with Crippen LogP contribution in [0.5, 0.6) is 17.2 Å². The number of hydrogen-bond donors (Lipinski definition) is 1. The van der Waals surface area contributed by atoms with E-state index >= 15 is 0 Å². The molecule has 1 heterocycles. The third-order valence-corrected chi connectivity index (χ3v) is 3.59. The minimum atomic E-state index is -0.0545. The van der Waals surface area contributed by atoms with Gasteiger partial charge in [0.15, 0.2) is 11.5 Å². The molecule has 1 N–H and O–H groups in total. The lowest BCUT2D eigenvalue weighted by molar-refractivity contribution is 0.0705. The number of benzene rings is 1. The van der Waals surface area contributed by atoms with Crippen LogP contribution in [0.25, 0.3) is 0 Å². The van der Waals surface area contributed by atoms with Crippen molar-refractivity contribution in [2.24, 2.45) is 0 Å². The first-order valence-corrected chi connectivity index (χ1v) is 6.94. The molecule has 21 heavy (non-hydrogen) atoms. The molecule has 1 fully saturated rings. The standard InChI is InChI=1S/C15H22N2O4/c1-10-9-17(8-7-16-10)15(18)11-5-6-12(19-2)14(21-4)13(11)20-3/h5-6,10,16H,7-9H2,1-4H3/t10-/m1/s1. The van der Waals surface area contributed by atoms with Crippen molar-refractivity contribution in [3.05, 3.63) is 17.7 Å². The summed E-state index contributed by atoms with van der Waals surface area (Å²) in [6, 6.07) is 3.73. The summed E-state index contributed by atoms with van der Waals surface area (Å²) in [6.07, 6.45) is 0. The van der Waals surface area contributed by atoms with Crippen LogP contribution in [-0.2, 0) is 0 Å². The van der Waals surface area contributed by atoms with Crippen LogP contribution in [0.2, 0.25) is 0 Å². The highest BCUT2D eigenvalue weighted by Gasteiger charge is 2.27. The molecule has 1 atom stereocenters. The van der Waals surface area contributed by atoms with Crippen LogP contribution in [0.1, 0.15) is 17.3 Å². The Morgan fingerprint density at radius 2 is 1.90 bits per heavy atom. The van der Waals surface area contributed by atoms with Crippen LogP contribution in [0.3, 0.4) is 0 Å². The maximum absolute atomic E-state index is 12.7. The Kier molecular flexibility index (Phi) is 4.90. The lowest BCUT2D eigenvalue weighted by Gasteiger charge is -2.32. The number of nitrogens with zero attached hydrogens (tertiary/aromatic N) is 1. The minimum Gasteiger partial charge on any atom is -0.493 e. The molecule has 0 unspecified atom stereocenters. The van der Waals surface area contributed by atoms with Gasteiger partial charge in [0.25, 0.3) is 5.91 Å². The number of amides is 1. The number of nitrogens with one attached hydrogen (secondary N) is 1. The average molecular weight is 294 g/mol. The molecule has 0 bridgehead atoms. The molecule has 6 heteroatoms. The number of rotatable bonds is 4. The predicted octanol–water partition coefficient (Wildman–Crippen LogP) is 1.15. The minimum absolute atomic E-state index is 0.0545. The quantitative estimate of drug-likeness (QED) is 0.902. The Morgan fingerprint density at radius 1 is 1.19 bits per heavy atom. The van der Waals surface area contributed by atoms with Crippen molar-refractivity contribution >= 4 is 5.91 Å². The van der Waals surface area contributed by atoms with Crippen LogP contribution in [0.15, 0.2) is 12.1 Å². The zero-order valence-corrected chi connectivity index (χ0v) is 12.9. The first-order chi connectivity index (χ1) is 10.1. The third kappa shape index (κ3) is 3.05. The van der Waals surface area contributed by atoms with E-state index in [1.54, 1.807) is 19.2 Å². The summed E-state index contributed by atoms with van der Waals surface area (Å²) in [7, 11) is 4.60. The molecule has 0 spiro atoms. The molecular weight excluding hydrogens is 272 g/mol. The highest BCUT2D eigenvalue weighted by molar-refractivity contribution is 5.98. The van der Waals surface area contributed by atoms with E-state index in [9.17, 15) is 4.79 Å². The van der Waals surface area contributed by atoms with Gasteiger partial charge in [-0.1, -0.05) is 0 Å². The van der Waals surface area contributed by atoms with E-state index in [0.717, 1.165) is 6.54 Å². The van der Waals surface area contributed by atoms with Crippen molar-refractivity contribution in [3.63, 3.8) is 0 Å². The SMILES string of the molecule is COc1ccc(C(=O)N2CCN[C@H](C)C2)c(OC)c1OC. The number of carbonyl (C=O) groups excluding carboxylic acids is 1. The summed E-state index contributed by atoms with van der Waals surface area (Å²) in [6.45, 7) is 4.21. The van der Waals surface area contributed by atoms with Gasteiger partial charge in [0.05, 0.1) is 26.9 Å². The van der Waals surface area contributed by atoms with Gasteiger partial charge in [0.1, 0.15) is 0 Å². The third-order valence-electron chi connectivity index (χ3n) is 3.59. The summed E-state index contributed by atoms with van der Waals surface area (Å²) in [5.41, 5.74) is 0.490. The molecule has 116 valence electrons. The van der Waals surface area contributed by atoms with Gasteiger partial charge in [-0.3, -0.25) is 4.79 Å². The normalized spacial score (nSPS) is 18.3. The van der Waals surface area contributed by atoms with Gasteiger partial charge in [-0.2, -0.15) is 0 Å². The fourth-order valence-corrected chi connectivity index (χ4v) is 2.56. The Morgan fingerprint density at radius 3 is 2.48 bits per heavy atom. The van der Waals surface area contributed by atoms with Crippen LogP contribution >= 0.6 is 0 Å². The second-order valence-electron chi connectivity index (χ2n) is 4.99. The Hall–Kier alpha value is -1.95. The van der Waals surface area contributed by atoms with Gasteiger partial charge < -0.3 is 24.4 Å². The Balaban J connectivity index is 2.36. The van der Waals surface area contributed by atoms with Crippen LogP contribution in [0, 0.1) is 0 Å². The van der Waals surface area contributed by atoms with Crippen LogP contribution in [0.4, 0.5) is 0 Å². The second kappa shape index (κ2) is 6.67. The molecule has 1 amide bonds. The smallest absolute Gasteiger partial charge is 0.257 e. The molecule has 1 aliphatic heterocycles. The fraction of sp³-hybridized carbons (Fsp3) is 0.533. The molecule has 2 rings (SSSR count). The topological polar surface area (TPSA) is 60.0 Å². The number of methoxy groups -OCH3 is 3. The van der Waals surface area contributed by atoms with E-state index in [-0.39, 0.29) is 11.9 Å². The highest BCUT2D eigenvalue weighted by atomic mass is 16.5. The molecule has 1 saturated heterocycles. The van der Waals surface area contributed by atoms with Crippen LogP contribution < -0.4 is 19.5 Å². The first-order valence-electron chi connectivity index (χ1n) is 6.94. The summed E-state index contributed by atoms with van der Waals surface area (Å²) in [5, 5.41) is 3.32. The lowest BCUT2D eigenvalue weighted by Crippen LogP contribution is -2.51. The Bertz CT molecular complexity index is 519. The van der Waals surface area contributed by atoms with Crippen molar-refractivity contribution in [1.82, 2.24) is 10.2 Å². The summed E-state index contributed by atoms with van der Waals surface area (Å²) < 4.78 is 15.9. The number of piperazine rings is 1. The van der Waals surface area contributed by atoms with Crippen molar-refractivity contribution < 1.29 is 19.0 Å². The molecule has 1 aromatic rings. The average Bonchev–Trinajstić information content (AvgIpc) is 2.52. The molecule has 6 nitrogen and oxygen atoms in total. The van der Waals surface area contributed by atoms with Gasteiger partial charge in [-0.15, -0.1) is 0 Å². The fourth-order valence-electron chi connectivity index (χ4n) is 2.56. The lowest BCUT2D eigenvalue weighted by atomic mass is 10.1. The molecule has 0 aromatic heterocycles. The maximum atomic E-state index is 12.7.